The number of ether oxygens (including phenoxy) is 2. The molecule has 1 fully saturated rings. The Balaban J connectivity index is 1.13. The first-order chi connectivity index (χ1) is 33.2. The summed E-state index contributed by atoms with van der Waals surface area (Å²) in [6, 6.07) is 49.4. The van der Waals surface area contributed by atoms with Crippen LogP contribution in [0.5, 0.6) is 11.5 Å². The lowest BCUT2D eigenvalue weighted by atomic mass is 9.79. The third-order valence-corrected chi connectivity index (χ3v) is 14.7. The highest BCUT2D eigenvalue weighted by Gasteiger charge is 2.39. The molecule has 70 heavy (non-hydrogen) atoms. The highest BCUT2D eigenvalue weighted by atomic mass is 16.5. The van der Waals surface area contributed by atoms with Crippen LogP contribution in [-0.2, 0) is 48.0 Å². The molecule has 2 aromatic heterocycles. The van der Waals surface area contributed by atoms with Crippen LogP contribution in [-0.4, -0.2) is 9.13 Å². The molecule has 0 amide bonds. The third kappa shape index (κ3) is 10.3. The molecule has 1 aliphatic carbocycles. The second-order valence-electron chi connectivity index (χ2n) is 24.3. The van der Waals surface area contributed by atoms with E-state index in [0.29, 0.717) is 26.3 Å². The van der Waals surface area contributed by atoms with Crippen molar-refractivity contribution in [2.24, 2.45) is 0 Å². The van der Waals surface area contributed by atoms with Crippen molar-refractivity contribution in [1.29, 1.82) is 0 Å². The van der Waals surface area contributed by atoms with Gasteiger partial charge >= 0.3 is 0 Å². The van der Waals surface area contributed by atoms with Gasteiger partial charge in [0, 0.05) is 22.3 Å². The summed E-state index contributed by atoms with van der Waals surface area (Å²) < 4.78 is 24.2. The SMILES string of the molecule is CC(C)(C)c1cc(C[n+]2cn([C@H]3CCCC[C@@H]3n3c[n+](Cc4cc(C(C)(C)C)cc(C(C)(C)C)c4OCc4ccccc4)c4ccccc43)c3ccccc32)c(OCc2ccccc2)c(C(C)(C)C)c1. The second kappa shape index (κ2) is 19.2. The minimum Gasteiger partial charge on any atom is -0.488 e. The Labute approximate surface area is 418 Å². The van der Waals surface area contributed by atoms with Gasteiger partial charge in [-0.2, -0.15) is 0 Å². The molecule has 364 valence electrons. The molecule has 8 aromatic rings. The van der Waals surface area contributed by atoms with Gasteiger partial charge in [-0.1, -0.05) is 180 Å². The van der Waals surface area contributed by atoms with Crippen LogP contribution >= 0.6 is 0 Å². The van der Waals surface area contributed by atoms with E-state index in [0.717, 1.165) is 24.3 Å². The Bertz CT molecular complexity index is 2880. The Morgan fingerprint density at radius 1 is 0.443 bits per heavy atom. The molecule has 2 atom stereocenters. The zero-order valence-corrected chi connectivity index (χ0v) is 44.3. The molecule has 1 saturated carbocycles. The average molecular weight is 935 g/mol. The van der Waals surface area contributed by atoms with Gasteiger partial charge in [0.2, 0.25) is 12.7 Å². The standard InChI is InChI=1S/C64H78N4O2/c1-61(2,3)49-35-47(59(51(37-49)63(7,8)9)69-41-45-25-15-13-16-26-45)39-65-43-67(55-31-21-19-29-53(55)65)57-33-23-24-34-58(57)68-44-66(54-30-20-22-32-56(54)68)40-48-36-50(62(4,5)6)38-52(64(10,11)12)60(48)70-42-46-27-17-14-18-28-46/h13-22,25-32,35-38,43-44,57-58H,23-24,33-34,39-42H2,1-12H3/q+2/t57-,58-/m0/s1. The molecule has 0 radical (unpaired) electrons. The van der Waals surface area contributed by atoms with E-state index in [-0.39, 0.29) is 33.7 Å². The fourth-order valence-electron chi connectivity index (χ4n) is 10.7. The summed E-state index contributed by atoms with van der Waals surface area (Å²) in [6.45, 7) is 30.3. The van der Waals surface area contributed by atoms with E-state index in [1.165, 1.54) is 79.4 Å². The lowest BCUT2D eigenvalue weighted by Gasteiger charge is -2.29. The molecular weight excluding hydrogens is 857 g/mol. The number of imidazole rings is 2. The number of benzene rings is 6. The second-order valence-corrected chi connectivity index (χ2v) is 24.3. The van der Waals surface area contributed by atoms with Crippen molar-refractivity contribution >= 4 is 22.1 Å². The van der Waals surface area contributed by atoms with Gasteiger partial charge in [0.1, 0.15) is 49.9 Å². The van der Waals surface area contributed by atoms with Crippen LogP contribution in [0, 0.1) is 0 Å². The van der Waals surface area contributed by atoms with Crippen molar-refractivity contribution in [3.8, 4) is 11.5 Å². The fraction of sp³-hybridized carbons (Fsp3) is 0.406. The van der Waals surface area contributed by atoms with Gasteiger partial charge in [0.25, 0.3) is 0 Å². The summed E-state index contributed by atoms with van der Waals surface area (Å²) >= 11 is 0. The zero-order valence-electron chi connectivity index (χ0n) is 44.3. The first-order valence-electron chi connectivity index (χ1n) is 25.9. The molecule has 0 unspecified atom stereocenters. The summed E-state index contributed by atoms with van der Waals surface area (Å²) in [5, 5.41) is 0. The minimum atomic E-state index is -0.118. The lowest BCUT2D eigenvalue weighted by Crippen LogP contribution is -2.35. The molecule has 6 aromatic carbocycles. The van der Waals surface area contributed by atoms with Crippen LogP contribution in [0.15, 0.2) is 146 Å². The van der Waals surface area contributed by atoms with Crippen LogP contribution in [0.1, 0.15) is 165 Å². The van der Waals surface area contributed by atoms with Crippen LogP contribution in [0.4, 0.5) is 0 Å². The van der Waals surface area contributed by atoms with Crippen molar-refractivity contribution in [2.45, 2.75) is 169 Å². The zero-order chi connectivity index (χ0) is 49.6. The molecule has 9 rings (SSSR count). The maximum absolute atomic E-state index is 6.97. The van der Waals surface area contributed by atoms with Crippen molar-refractivity contribution < 1.29 is 18.6 Å². The summed E-state index contributed by atoms with van der Waals surface area (Å²) in [7, 11) is 0. The minimum absolute atomic E-state index is 0.0296. The number of nitrogens with zero attached hydrogens (tertiary/aromatic N) is 4. The number of rotatable bonds is 12. The van der Waals surface area contributed by atoms with E-state index >= 15 is 0 Å². The largest absolute Gasteiger partial charge is 0.488 e. The molecule has 6 heteroatoms. The molecule has 0 N–H and O–H groups in total. The van der Waals surface area contributed by atoms with Crippen molar-refractivity contribution in [1.82, 2.24) is 9.13 Å². The van der Waals surface area contributed by atoms with Crippen molar-refractivity contribution in [3.05, 3.63) is 191 Å². The van der Waals surface area contributed by atoms with Gasteiger partial charge < -0.3 is 9.47 Å². The molecular formula is C64H78N4O2+2. The molecule has 2 heterocycles. The quantitative estimate of drug-likeness (QED) is 0.114. The van der Waals surface area contributed by atoms with E-state index in [1.54, 1.807) is 0 Å². The normalized spacial score (nSPS) is 16.0. The topological polar surface area (TPSA) is 36.1 Å². The fourth-order valence-corrected chi connectivity index (χ4v) is 10.7. The van der Waals surface area contributed by atoms with Crippen molar-refractivity contribution in [2.75, 3.05) is 0 Å². The molecule has 1 aliphatic rings. The Morgan fingerprint density at radius 2 is 0.800 bits per heavy atom. The number of para-hydroxylation sites is 4. The van der Waals surface area contributed by atoms with Crippen LogP contribution in [0.3, 0.4) is 0 Å². The number of fused-ring (bicyclic) bond motifs is 2. The molecule has 0 saturated heterocycles. The summed E-state index contributed by atoms with van der Waals surface area (Å²) in [5.74, 6) is 2.01. The van der Waals surface area contributed by atoms with Gasteiger partial charge in [0.15, 0.2) is 22.1 Å². The maximum Gasteiger partial charge on any atom is 0.245 e. The Morgan fingerprint density at radius 3 is 1.16 bits per heavy atom. The van der Waals surface area contributed by atoms with Gasteiger partial charge in [0.05, 0.1) is 0 Å². The van der Waals surface area contributed by atoms with E-state index in [2.05, 4.69) is 247 Å². The summed E-state index contributed by atoms with van der Waals surface area (Å²) in [4.78, 5) is 0. The third-order valence-electron chi connectivity index (χ3n) is 14.7. The monoisotopic (exact) mass is 935 g/mol. The highest BCUT2D eigenvalue weighted by molar-refractivity contribution is 5.73. The van der Waals surface area contributed by atoms with Crippen molar-refractivity contribution in [3.63, 3.8) is 0 Å². The predicted molar refractivity (Wildman–Crippen MR) is 288 cm³/mol. The molecule has 6 nitrogen and oxygen atoms in total. The van der Waals surface area contributed by atoms with Crippen LogP contribution < -0.4 is 18.6 Å². The summed E-state index contributed by atoms with van der Waals surface area (Å²) in [5.41, 5.74) is 14.7. The van der Waals surface area contributed by atoms with Gasteiger partial charge in [-0.05, 0) is 106 Å². The lowest BCUT2D eigenvalue weighted by molar-refractivity contribution is -0.664. The van der Waals surface area contributed by atoms with Gasteiger partial charge in [-0.3, -0.25) is 0 Å². The average Bonchev–Trinajstić information content (AvgIpc) is 3.87. The summed E-state index contributed by atoms with van der Waals surface area (Å²) in [6.07, 6.45) is 9.47. The van der Waals surface area contributed by atoms with E-state index < -0.39 is 0 Å². The van der Waals surface area contributed by atoms with Crippen LogP contribution in [0.2, 0.25) is 0 Å². The van der Waals surface area contributed by atoms with Gasteiger partial charge in [-0.15, -0.1) is 0 Å². The smallest absolute Gasteiger partial charge is 0.245 e. The van der Waals surface area contributed by atoms with E-state index in [1.807, 2.05) is 0 Å². The first kappa shape index (κ1) is 48.9. The highest BCUT2D eigenvalue weighted by Crippen LogP contribution is 2.43. The molecule has 0 aliphatic heterocycles. The first-order valence-corrected chi connectivity index (χ1v) is 25.9. The predicted octanol–water partition coefficient (Wildman–Crippen LogP) is 15.0. The van der Waals surface area contributed by atoms with Crippen LogP contribution in [0.25, 0.3) is 22.1 Å². The number of hydrogen-bond acceptors (Lipinski definition) is 2. The van der Waals surface area contributed by atoms with Gasteiger partial charge in [-0.25, -0.2) is 18.3 Å². The van der Waals surface area contributed by atoms with E-state index in [4.69, 9.17) is 9.47 Å². The number of hydrogen-bond donors (Lipinski definition) is 0. The maximum atomic E-state index is 6.97. The Hall–Kier alpha value is -6.14. The molecule has 0 spiro atoms. The van der Waals surface area contributed by atoms with E-state index in [9.17, 15) is 0 Å². The Kier molecular flexibility index (Phi) is 13.4. The number of aromatic nitrogens is 4. The molecule has 0 bridgehead atoms.